The van der Waals surface area contributed by atoms with E-state index in [4.69, 9.17) is 4.74 Å². The van der Waals surface area contributed by atoms with Crippen LogP contribution in [0.25, 0.3) is 0 Å². The Hall–Kier alpha value is -5.18. The predicted molar refractivity (Wildman–Crippen MR) is 193 cm³/mol. The SMILES string of the molecule is COc1c(F)cccc1C(=O)N1CC(=O)N[C@@H](CC(C)C)c2nc(cs2)C(=O)N[C@@H](Cc2ccccc2)c2nc(C)nn2CC(=O)N[C@@H](C(C)C)C1. The molecule has 2 aromatic carbocycles. The van der Waals surface area contributed by atoms with E-state index in [0.717, 1.165) is 5.56 Å². The molecule has 0 aliphatic carbocycles. The third-order valence-electron chi connectivity index (χ3n) is 8.69. The molecule has 0 spiro atoms. The highest BCUT2D eigenvalue weighted by Gasteiger charge is 2.31. The summed E-state index contributed by atoms with van der Waals surface area (Å²) in [5, 5.41) is 15.8. The fraction of sp³-hybridized carbons (Fsp3) is 0.432. The molecule has 52 heavy (non-hydrogen) atoms. The highest BCUT2D eigenvalue weighted by atomic mass is 32.1. The van der Waals surface area contributed by atoms with Gasteiger partial charge in [-0.25, -0.2) is 19.0 Å². The number of ether oxygens (including phenoxy) is 1. The molecule has 1 aliphatic heterocycles. The van der Waals surface area contributed by atoms with E-state index in [1.807, 2.05) is 58.0 Å². The van der Waals surface area contributed by atoms with Crippen LogP contribution < -0.4 is 20.7 Å². The van der Waals surface area contributed by atoms with Gasteiger partial charge in [0.1, 0.15) is 23.1 Å². The van der Waals surface area contributed by atoms with Gasteiger partial charge in [-0.1, -0.05) is 64.1 Å². The Morgan fingerprint density at radius 1 is 0.962 bits per heavy atom. The zero-order valence-corrected chi connectivity index (χ0v) is 31.0. The summed E-state index contributed by atoms with van der Waals surface area (Å²) in [6, 6.07) is 11.7. The number of thiazole rings is 1. The predicted octanol–water partition coefficient (Wildman–Crippen LogP) is 4.40. The lowest BCUT2D eigenvalue weighted by molar-refractivity contribution is -0.123. The van der Waals surface area contributed by atoms with Crippen LogP contribution in [0.2, 0.25) is 0 Å². The Morgan fingerprint density at radius 2 is 1.69 bits per heavy atom. The van der Waals surface area contributed by atoms with Crippen LogP contribution in [0.4, 0.5) is 4.39 Å². The van der Waals surface area contributed by atoms with Crippen LogP contribution in [0.15, 0.2) is 53.9 Å². The van der Waals surface area contributed by atoms with Crippen LogP contribution in [-0.2, 0) is 22.6 Å². The van der Waals surface area contributed by atoms with E-state index >= 15 is 0 Å². The van der Waals surface area contributed by atoms with E-state index in [1.165, 1.54) is 46.2 Å². The lowest BCUT2D eigenvalue weighted by atomic mass is 10.0. The molecule has 2 bridgehead atoms. The molecule has 0 fully saturated rings. The summed E-state index contributed by atoms with van der Waals surface area (Å²) >= 11 is 1.25. The van der Waals surface area contributed by atoms with E-state index in [1.54, 1.807) is 12.3 Å². The maximum Gasteiger partial charge on any atom is 0.271 e. The average Bonchev–Trinajstić information content (AvgIpc) is 3.73. The van der Waals surface area contributed by atoms with E-state index in [0.29, 0.717) is 29.5 Å². The van der Waals surface area contributed by atoms with Gasteiger partial charge in [0.05, 0.1) is 31.3 Å². The molecule has 15 heteroatoms. The lowest BCUT2D eigenvalue weighted by Gasteiger charge is -2.31. The Kier molecular flexibility index (Phi) is 12.4. The minimum Gasteiger partial charge on any atom is -0.493 e. The molecule has 0 radical (unpaired) electrons. The Morgan fingerprint density at radius 3 is 2.38 bits per heavy atom. The minimum atomic E-state index is -0.724. The first kappa shape index (κ1) is 38.1. The van der Waals surface area contributed by atoms with Crippen LogP contribution >= 0.6 is 11.3 Å². The number of hydrogen-bond donors (Lipinski definition) is 3. The number of hydrogen-bond acceptors (Lipinski definition) is 9. The lowest BCUT2D eigenvalue weighted by Crippen LogP contribution is -2.51. The molecule has 3 N–H and O–H groups in total. The number of aryl methyl sites for hydroxylation is 1. The van der Waals surface area contributed by atoms with E-state index in [-0.39, 0.29) is 41.9 Å². The quantitative estimate of drug-likeness (QED) is 0.252. The van der Waals surface area contributed by atoms with Crippen LogP contribution in [0.5, 0.6) is 5.75 Å². The third kappa shape index (κ3) is 9.37. The van der Waals surface area contributed by atoms with Gasteiger partial charge in [0, 0.05) is 18.0 Å². The molecule has 1 aliphatic rings. The van der Waals surface area contributed by atoms with Crippen molar-refractivity contribution in [1.82, 2.24) is 40.6 Å². The van der Waals surface area contributed by atoms with Crippen LogP contribution in [-0.4, -0.2) is 74.5 Å². The summed E-state index contributed by atoms with van der Waals surface area (Å²) in [4.78, 5) is 66.0. The zero-order valence-electron chi connectivity index (χ0n) is 30.2. The molecule has 4 aromatic rings. The second kappa shape index (κ2) is 16.9. The molecule has 13 nitrogen and oxygen atoms in total. The number of methoxy groups -OCH3 is 1. The van der Waals surface area contributed by atoms with Gasteiger partial charge >= 0.3 is 0 Å². The molecule has 4 amide bonds. The maximum absolute atomic E-state index is 14.8. The first-order valence-electron chi connectivity index (χ1n) is 17.2. The first-order valence-corrected chi connectivity index (χ1v) is 18.1. The van der Waals surface area contributed by atoms with Crippen molar-refractivity contribution in [3.63, 3.8) is 0 Å². The number of aromatic nitrogens is 4. The molecule has 3 atom stereocenters. The number of carbonyl (C=O) groups excluding carboxylic acids is 4. The zero-order chi connectivity index (χ0) is 37.5. The molecule has 0 unspecified atom stereocenters. The molecular weight excluding hydrogens is 688 g/mol. The van der Waals surface area contributed by atoms with Gasteiger partial charge in [0.25, 0.3) is 11.8 Å². The minimum absolute atomic E-state index is 0.0622. The van der Waals surface area contributed by atoms with Crippen molar-refractivity contribution in [3.05, 3.63) is 93.2 Å². The second-order valence-electron chi connectivity index (χ2n) is 13.6. The summed E-state index contributed by atoms with van der Waals surface area (Å²) in [6.45, 7) is 8.79. The van der Waals surface area contributed by atoms with Crippen molar-refractivity contribution in [1.29, 1.82) is 0 Å². The number of nitrogens with one attached hydrogen (secondary N) is 3. The highest BCUT2D eigenvalue weighted by molar-refractivity contribution is 7.09. The van der Waals surface area contributed by atoms with E-state index < -0.39 is 54.1 Å². The molecule has 2 aromatic heterocycles. The molecule has 0 saturated heterocycles. The number of fused-ring (bicyclic) bond motifs is 3. The van der Waals surface area contributed by atoms with Gasteiger partial charge in [0.2, 0.25) is 11.8 Å². The molecule has 276 valence electrons. The summed E-state index contributed by atoms with van der Waals surface area (Å²) in [6.07, 6.45) is 0.875. The highest BCUT2D eigenvalue weighted by Crippen LogP contribution is 2.27. The van der Waals surface area contributed by atoms with Crippen molar-refractivity contribution >= 4 is 35.0 Å². The molecular formula is C37H45FN8O5S. The number of nitrogens with zero attached hydrogens (tertiary/aromatic N) is 5. The topological polar surface area (TPSA) is 160 Å². The number of para-hydroxylation sites is 1. The summed E-state index contributed by atoms with van der Waals surface area (Å²) in [5.41, 5.74) is 1.04. The fourth-order valence-corrected chi connectivity index (χ4v) is 6.98. The summed E-state index contributed by atoms with van der Waals surface area (Å²) < 4.78 is 21.5. The van der Waals surface area contributed by atoms with Gasteiger partial charge < -0.3 is 25.6 Å². The van der Waals surface area contributed by atoms with E-state index in [9.17, 15) is 23.6 Å². The smallest absolute Gasteiger partial charge is 0.271 e. The fourth-order valence-electron chi connectivity index (χ4n) is 6.12. The van der Waals surface area contributed by atoms with Crippen molar-refractivity contribution in [3.8, 4) is 5.75 Å². The number of rotatable bonds is 7. The number of benzene rings is 2. The van der Waals surface area contributed by atoms with Crippen LogP contribution in [0, 0.1) is 24.6 Å². The second-order valence-corrected chi connectivity index (χ2v) is 14.5. The maximum atomic E-state index is 14.8. The summed E-state index contributed by atoms with van der Waals surface area (Å²) in [7, 11) is 1.27. The van der Waals surface area contributed by atoms with Crippen molar-refractivity contribution in [2.24, 2.45) is 11.8 Å². The monoisotopic (exact) mass is 732 g/mol. The standard InChI is InChI=1S/C37H45FN8O5S/c1-21(2)15-28-36-43-30(20-52-36)35(49)42-27(16-24-11-8-7-9-12-24)34-39-23(5)44-46(34)19-32(48)41-29(22(3)4)17-45(18-31(47)40-28)37(50)25-13-10-14-26(38)33(25)51-6/h7-14,20-22,27-29H,15-19H2,1-6H3,(H,40,47)(H,41,48)(H,42,49)/t27-,28-,29+/m0/s1. The van der Waals surface area contributed by atoms with Gasteiger partial charge in [-0.2, -0.15) is 5.10 Å². The van der Waals surface area contributed by atoms with Crippen LogP contribution in [0.3, 0.4) is 0 Å². The molecule has 3 heterocycles. The van der Waals surface area contributed by atoms with Crippen molar-refractivity contribution in [2.75, 3.05) is 20.2 Å². The van der Waals surface area contributed by atoms with Gasteiger partial charge in [0.15, 0.2) is 17.4 Å². The normalized spacial score (nSPS) is 19.0. The molecule has 5 rings (SSSR count). The van der Waals surface area contributed by atoms with Crippen molar-refractivity contribution in [2.45, 2.75) is 72.1 Å². The largest absolute Gasteiger partial charge is 0.493 e. The van der Waals surface area contributed by atoms with Gasteiger partial charge in [-0.3, -0.25) is 19.2 Å². The number of halogens is 1. The van der Waals surface area contributed by atoms with Crippen molar-refractivity contribution < 1.29 is 28.3 Å². The Labute approximate surface area is 306 Å². The first-order chi connectivity index (χ1) is 24.8. The van der Waals surface area contributed by atoms with Gasteiger partial charge in [-0.15, -0.1) is 11.3 Å². The molecule has 0 saturated carbocycles. The third-order valence-corrected chi connectivity index (χ3v) is 9.64. The van der Waals surface area contributed by atoms with Crippen LogP contribution in [0.1, 0.15) is 89.3 Å². The average molecular weight is 733 g/mol. The van der Waals surface area contributed by atoms with E-state index in [2.05, 4.69) is 31.0 Å². The number of carbonyl (C=O) groups is 4. The Balaban J connectivity index is 1.58. The van der Waals surface area contributed by atoms with Gasteiger partial charge in [-0.05, 0) is 49.3 Å². The Bertz CT molecular complexity index is 1900. The summed E-state index contributed by atoms with van der Waals surface area (Å²) in [5.74, 6) is -2.21. The number of amides is 4.